The van der Waals surface area contributed by atoms with Crippen molar-refractivity contribution in [2.75, 3.05) is 0 Å². The fraction of sp³-hybridized carbons (Fsp3) is 0.500. The predicted octanol–water partition coefficient (Wildman–Crippen LogP) is 3.56. The topological polar surface area (TPSA) is 3.24 Å². The first-order valence-corrected chi connectivity index (χ1v) is 4.02. The summed E-state index contributed by atoms with van der Waals surface area (Å²) in [5.74, 6) is 0. The van der Waals surface area contributed by atoms with Gasteiger partial charge in [-0.15, -0.1) is 26.3 Å². The summed E-state index contributed by atoms with van der Waals surface area (Å²) in [6.45, 7) is 0. The molecule has 0 aromatic carbocycles. The monoisotopic (exact) mass is 231 g/mol. The van der Waals surface area contributed by atoms with Crippen molar-refractivity contribution in [3.8, 4) is 0 Å². The van der Waals surface area contributed by atoms with Crippen molar-refractivity contribution in [2.45, 2.75) is 25.4 Å². The van der Waals surface area contributed by atoms with E-state index >= 15 is 0 Å². The summed E-state index contributed by atoms with van der Waals surface area (Å²) in [6, 6.07) is 0. The molecule has 86 valence electrons. The molecular formula is C8H7F6N. The molecule has 0 heterocycles. The van der Waals surface area contributed by atoms with Crippen LogP contribution in [0.4, 0.5) is 26.3 Å². The largest absolute Gasteiger partial charge is 0.491 e. The zero-order valence-corrected chi connectivity index (χ0v) is 7.36. The molecule has 0 N–H and O–H groups in total. The fourth-order valence-electron chi connectivity index (χ4n) is 1.25. The maximum Gasteiger partial charge on any atom is 0.491 e. The van der Waals surface area contributed by atoms with E-state index in [0.29, 0.717) is 0 Å². The van der Waals surface area contributed by atoms with Crippen molar-refractivity contribution in [3.05, 3.63) is 23.9 Å². The number of rotatable bonds is 1. The minimum Gasteiger partial charge on any atom is -0.197 e. The van der Waals surface area contributed by atoms with Crippen LogP contribution < -0.4 is 0 Å². The van der Waals surface area contributed by atoms with Crippen molar-refractivity contribution < 1.29 is 26.3 Å². The molecule has 0 bridgehead atoms. The molecule has 0 aromatic rings. The number of allylic oxidation sites excluding steroid dienone is 4. The molecule has 0 unspecified atom stereocenters. The van der Waals surface area contributed by atoms with Crippen molar-refractivity contribution in [1.82, 2.24) is 4.90 Å². The lowest BCUT2D eigenvalue weighted by Crippen LogP contribution is -2.47. The molecule has 0 spiro atoms. The lowest BCUT2D eigenvalue weighted by Gasteiger charge is -2.31. The number of hydrogen-bond acceptors (Lipinski definition) is 1. The molecule has 0 fully saturated rings. The van der Waals surface area contributed by atoms with Crippen LogP contribution in [-0.4, -0.2) is 17.5 Å². The first kappa shape index (κ1) is 11.9. The van der Waals surface area contributed by atoms with Crippen molar-refractivity contribution in [1.29, 1.82) is 0 Å². The van der Waals surface area contributed by atoms with Crippen LogP contribution >= 0.6 is 0 Å². The normalized spacial score (nSPS) is 17.6. The van der Waals surface area contributed by atoms with Crippen molar-refractivity contribution in [2.24, 2.45) is 0 Å². The lowest BCUT2D eigenvalue weighted by atomic mass is 10.1. The lowest BCUT2D eigenvalue weighted by molar-refractivity contribution is -0.359. The Hall–Kier alpha value is -1.14. The first-order chi connectivity index (χ1) is 6.73. The van der Waals surface area contributed by atoms with E-state index in [-0.39, 0.29) is 12.8 Å². The summed E-state index contributed by atoms with van der Waals surface area (Å²) in [6.07, 6.45) is -7.45. The quantitative estimate of drug-likeness (QED) is 0.492. The third-order valence-corrected chi connectivity index (χ3v) is 1.79. The van der Waals surface area contributed by atoms with Gasteiger partial charge in [0.2, 0.25) is 0 Å². The summed E-state index contributed by atoms with van der Waals surface area (Å²) in [7, 11) is 0. The molecule has 1 aliphatic carbocycles. The Morgan fingerprint density at radius 2 is 1.53 bits per heavy atom. The van der Waals surface area contributed by atoms with Gasteiger partial charge < -0.3 is 0 Å². The van der Waals surface area contributed by atoms with Crippen LogP contribution in [-0.2, 0) is 0 Å². The minimum absolute atomic E-state index is 0.175. The molecule has 0 aliphatic heterocycles. The predicted molar refractivity (Wildman–Crippen MR) is 40.4 cm³/mol. The van der Waals surface area contributed by atoms with Gasteiger partial charge >= 0.3 is 12.6 Å². The highest BCUT2D eigenvalue weighted by molar-refractivity contribution is 5.17. The van der Waals surface area contributed by atoms with E-state index in [1.54, 1.807) is 0 Å². The first-order valence-electron chi connectivity index (χ1n) is 4.02. The van der Waals surface area contributed by atoms with Gasteiger partial charge in [-0.3, -0.25) is 0 Å². The second-order valence-corrected chi connectivity index (χ2v) is 2.90. The molecule has 0 atom stereocenters. The second kappa shape index (κ2) is 3.79. The third-order valence-electron chi connectivity index (χ3n) is 1.79. The smallest absolute Gasteiger partial charge is 0.197 e. The van der Waals surface area contributed by atoms with Crippen LogP contribution in [0.5, 0.6) is 0 Å². The molecule has 1 nitrogen and oxygen atoms in total. The highest BCUT2D eigenvalue weighted by atomic mass is 19.4. The Morgan fingerprint density at radius 1 is 1.00 bits per heavy atom. The zero-order valence-electron chi connectivity index (χ0n) is 7.36. The second-order valence-electron chi connectivity index (χ2n) is 2.90. The Balaban J connectivity index is 3.02. The van der Waals surface area contributed by atoms with Crippen molar-refractivity contribution >= 4 is 0 Å². The number of hydrogen-bond donors (Lipinski definition) is 0. The van der Waals surface area contributed by atoms with E-state index in [2.05, 4.69) is 0 Å². The van der Waals surface area contributed by atoms with E-state index in [0.717, 1.165) is 6.08 Å². The Bertz CT molecular complexity index is 270. The van der Waals surface area contributed by atoms with Gasteiger partial charge in [-0.05, 0) is 18.9 Å². The number of nitrogens with zero attached hydrogens (tertiary/aromatic N) is 1. The van der Waals surface area contributed by atoms with Gasteiger partial charge in [-0.2, -0.15) is 4.90 Å². The Labute approximate surface area is 81.7 Å². The van der Waals surface area contributed by atoms with E-state index in [9.17, 15) is 26.3 Å². The highest BCUT2D eigenvalue weighted by Gasteiger charge is 2.54. The molecule has 1 rings (SSSR count). The van der Waals surface area contributed by atoms with Gasteiger partial charge in [0.25, 0.3) is 0 Å². The van der Waals surface area contributed by atoms with E-state index in [1.807, 2.05) is 0 Å². The van der Waals surface area contributed by atoms with E-state index in [1.165, 1.54) is 12.2 Å². The highest BCUT2D eigenvalue weighted by Crippen LogP contribution is 2.39. The number of halogens is 6. The van der Waals surface area contributed by atoms with Crippen LogP contribution in [0.15, 0.2) is 23.9 Å². The Kier molecular flexibility index (Phi) is 3.01. The van der Waals surface area contributed by atoms with Crippen LogP contribution in [0, 0.1) is 0 Å². The average Bonchev–Trinajstić information content (AvgIpc) is 2.00. The standard InChI is InChI=1S/C8H7F6N/c9-7(10,11)15(8(12,13)14)6-4-2-1-3-5-6/h1-2,4H,3,5H2. The molecule has 15 heavy (non-hydrogen) atoms. The summed E-state index contributed by atoms with van der Waals surface area (Å²) >= 11 is 0. The van der Waals surface area contributed by atoms with Gasteiger partial charge in [0.1, 0.15) is 0 Å². The molecule has 0 radical (unpaired) electrons. The summed E-state index contributed by atoms with van der Waals surface area (Å²) in [4.78, 5) is -1.45. The molecular weight excluding hydrogens is 224 g/mol. The van der Waals surface area contributed by atoms with Gasteiger partial charge in [-0.1, -0.05) is 12.2 Å². The van der Waals surface area contributed by atoms with Crippen LogP contribution in [0.1, 0.15) is 12.8 Å². The van der Waals surface area contributed by atoms with Crippen LogP contribution in [0.25, 0.3) is 0 Å². The van der Waals surface area contributed by atoms with Gasteiger partial charge in [0.15, 0.2) is 0 Å². The van der Waals surface area contributed by atoms with E-state index < -0.39 is 23.2 Å². The average molecular weight is 231 g/mol. The minimum atomic E-state index is -5.44. The maximum absolute atomic E-state index is 12.1. The molecule has 0 amide bonds. The third kappa shape index (κ3) is 2.90. The SMILES string of the molecule is FC(F)(F)N(C1=CC=CCC1)C(F)(F)F. The van der Waals surface area contributed by atoms with Crippen molar-refractivity contribution in [3.63, 3.8) is 0 Å². The fourth-order valence-corrected chi connectivity index (χ4v) is 1.25. The summed E-state index contributed by atoms with van der Waals surface area (Å²) < 4.78 is 72.8. The van der Waals surface area contributed by atoms with Gasteiger partial charge in [-0.25, -0.2) is 0 Å². The molecule has 7 heteroatoms. The maximum atomic E-state index is 12.1. The summed E-state index contributed by atoms with van der Waals surface area (Å²) in [5.41, 5.74) is -0.780. The number of alkyl halides is 6. The van der Waals surface area contributed by atoms with E-state index in [4.69, 9.17) is 0 Å². The summed E-state index contributed by atoms with van der Waals surface area (Å²) in [5, 5.41) is 0. The molecule has 1 aliphatic rings. The Morgan fingerprint density at radius 3 is 1.87 bits per heavy atom. The zero-order chi connectivity index (χ0) is 11.7. The molecule has 0 saturated heterocycles. The molecule has 0 aromatic heterocycles. The van der Waals surface area contributed by atoms with Gasteiger partial charge in [0, 0.05) is 5.70 Å². The van der Waals surface area contributed by atoms with Crippen LogP contribution in [0.2, 0.25) is 0 Å². The molecule has 0 saturated carbocycles. The van der Waals surface area contributed by atoms with Crippen LogP contribution in [0.3, 0.4) is 0 Å². The van der Waals surface area contributed by atoms with Gasteiger partial charge in [0.05, 0.1) is 0 Å².